The fourth-order valence-corrected chi connectivity index (χ4v) is 2.79. The van der Waals surface area contributed by atoms with Crippen molar-refractivity contribution in [3.8, 4) is 0 Å². The molecule has 0 radical (unpaired) electrons. The molecule has 0 atom stereocenters. The maximum absolute atomic E-state index is 12.9. The summed E-state index contributed by atoms with van der Waals surface area (Å²) in [6.07, 6.45) is 0. The summed E-state index contributed by atoms with van der Waals surface area (Å²) in [5.74, 6) is -0.584. The molecule has 3 rings (SSSR count). The Hall–Kier alpha value is -2.40. The Kier molecular flexibility index (Phi) is 4.81. The molecule has 0 bridgehead atoms. The zero-order valence-corrected chi connectivity index (χ0v) is 13.7. The van der Waals surface area contributed by atoms with E-state index in [1.807, 2.05) is 0 Å². The highest BCUT2D eigenvalue weighted by Gasteiger charge is 2.25. The summed E-state index contributed by atoms with van der Waals surface area (Å²) in [4.78, 5) is 28.2. The van der Waals surface area contributed by atoms with Crippen molar-refractivity contribution >= 4 is 23.4 Å². The van der Waals surface area contributed by atoms with E-state index in [4.69, 9.17) is 11.6 Å². The third kappa shape index (κ3) is 3.57. The lowest BCUT2D eigenvalue weighted by atomic mass is 10.1. The smallest absolute Gasteiger partial charge is 0.253 e. The van der Waals surface area contributed by atoms with Crippen molar-refractivity contribution in [2.24, 2.45) is 0 Å². The number of rotatable bonds is 2. The largest absolute Gasteiger partial charge is 0.335 e. The van der Waals surface area contributed by atoms with E-state index >= 15 is 0 Å². The number of carbonyl (C=O) groups is 2. The van der Waals surface area contributed by atoms with Crippen LogP contribution in [0.2, 0.25) is 5.02 Å². The molecule has 2 aromatic carbocycles. The molecular formula is C18H16ClFN2O2. The van der Waals surface area contributed by atoms with Crippen LogP contribution in [0, 0.1) is 5.82 Å². The van der Waals surface area contributed by atoms with Gasteiger partial charge in [-0.2, -0.15) is 0 Å². The minimum atomic E-state index is -0.370. The molecule has 24 heavy (non-hydrogen) atoms. The molecule has 0 spiro atoms. The minimum absolute atomic E-state index is 0.0689. The van der Waals surface area contributed by atoms with Crippen LogP contribution in [0.4, 0.5) is 4.39 Å². The van der Waals surface area contributed by atoms with E-state index in [0.29, 0.717) is 42.3 Å². The molecule has 0 unspecified atom stereocenters. The van der Waals surface area contributed by atoms with Crippen LogP contribution in [0.5, 0.6) is 0 Å². The normalized spacial score (nSPS) is 14.6. The van der Waals surface area contributed by atoms with E-state index in [2.05, 4.69) is 0 Å². The number of amides is 2. The van der Waals surface area contributed by atoms with E-state index in [1.165, 1.54) is 24.3 Å². The molecular weight excluding hydrogens is 331 g/mol. The summed E-state index contributed by atoms with van der Waals surface area (Å²) < 4.78 is 12.9. The maximum Gasteiger partial charge on any atom is 0.253 e. The third-order valence-electron chi connectivity index (χ3n) is 4.04. The number of hydrogen-bond acceptors (Lipinski definition) is 2. The van der Waals surface area contributed by atoms with Crippen LogP contribution in [0.1, 0.15) is 20.7 Å². The minimum Gasteiger partial charge on any atom is -0.335 e. The molecule has 124 valence electrons. The maximum atomic E-state index is 12.9. The van der Waals surface area contributed by atoms with Gasteiger partial charge in [0.05, 0.1) is 0 Å². The molecule has 1 aliphatic rings. The van der Waals surface area contributed by atoms with Crippen LogP contribution in [-0.4, -0.2) is 47.8 Å². The second kappa shape index (κ2) is 7.01. The lowest BCUT2D eigenvalue weighted by molar-refractivity contribution is 0.0535. The van der Waals surface area contributed by atoms with E-state index in [0.717, 1.165) is 0 Å². The first-order valence-corrected chi connectivity index (χ1v) is 8.02. The fraction of sp³-hybridized carbons (Fsp3) is 0.222. The lowest BCUT2D eigenvalue weighted by Gasteiger charge is -2.34. The number of halogens is 2. The van der Waals surface area contributed by atoms with Crippen LogP contribution in [0.25, 0.3) is 0 Å². The molecule has 0 saturated carbocycles. The average Bonchev–Trinajstić information content (AvgIpc) is 2.62. The van der Waals surface area contributed by atoms with Crippen molar-refractivity contribution in [2.45, 2.75) is 0 Å². The zero-order valence-electron chi connectivity index (χ0n) is 12.9. The molecule has 1 aliphatic heterocycles. The number of nitrogens with zero attached hydrogens (tertiary/aromatic N) is 2. The van der Waals surface area contributed by atoms with Gasteiger partial charge in [-0.3, -0.25) is 9.59 Å². The quantitative estimate of drug-likeness (QED) is 0.838. The number of carbonyl (C=O) groups excluding carboxylic acids is 2. The summed E-state index contributed by atoms with van der Waals surface area (Å²) in [5.41, 5.74) is 1.03. The van der Waals surface area contributed by atoms with Gasteiger partial charge >= 0.3 is 0 Å². The van der Waals surface area contributed by atoms with E-state index in [-0.39, 0.29) is 17.6 Å². The van der Waals surface area contributed by atoms with Gasteiger partial charge in [0.15, 0.2) is 0 Å². The Labute approximate surface area is 144 Å². The number of hydrogen-bond donors (Lipinski definition) is 0. The van der Waals surface area contributed by atoms with E-state index < -0.39 is 0 Å². The zero-order chi connectivity index (χ0) is 17.1. The topological polar surface area (TPSA) is 40.6 Å². The van der Waals surface area contributed by atoms with Gasteiger partial charge in [-0.1, -0.05) is 11.6 Å². The van der Waals surface area contributed by atoms with E-state index in [1.54, 1.807) is 34.1 Å². The van der Waals surface area contributed by atoms with E-state index in [9.17, 15) is 14.0 Å². The van der Waals surface area contributed by atoms with Gasteiger partial charge < -0.3 is 9.80 Å². The van der Waals surface area contributed by atoms with Gasteiger partial charge in [0.25, 0.3) is 11.8 Å². The SMILES string of the molecule is O=C(c1ccc(F)cc1)N1CCN(C(=O)c2ccc(Cl)cc2)CC1. The highest BCUT2D eigenvalue weighted by atomic mass is 35.5. The predicted molar refractivity (Wildman–Crippen MR) is 89.7 cm³/mol. The highest BCUT2D eigenvalue weighted by molar-refractivity contribution is 6.30. The number of piperazine rings is 1. The predicted octanol–water partition coefficient (Wildman–Crippen LogP) is 3.08. The van der Waals surface area contributed by atoms with Crippen LogP contribution >= 0.6 is 11.6 Å². The van der Waals surface area contributed by atoms with Crippen molar-refractivity contribution in [3.05, 3.63) is 70.5 Å². The Morgan fingerprint density at radius 1 is 0.750 bits per heavy atom. The summed E-state index contributed by atoms with van der Waals surface area (Å²) in [6.45, 7) is 1.84. The van der Waals surface area contributed by atoms with Crippen molar-refractivity contribution in [3.63, 3.8) is 0 Å². The molecule has 6 heteroatoms. The molecule has 0 aromatic heterocycles. The molecule has 1 saturated heterocycles. The second-order valence-corrected chi connectivity index (χ2v) is 6.03. The summed E-state index contributed by atoms with van der Waals surface area (Å²) in [7, 11) is 0. The Balaban J connectivity index is 1.61. The molecule has 0 N–H and O–H groups in total. The molecule has 1 heterocycles. The molecule has 1 fully saturated rings. The Bertz CT molecular complexity index is 673. The van der Waals surface area contributed by atoms with Gasteiger partial charge in [0.1, 0.15) is 5.82 Å². The molecule has 2 aromatic rings. The van der Waals surface area contributed by atoms with Crippen LogP contribution < -0.4 is 0 Å². The van der Waals surface area contributed by atoms with Crippen molar-refractivity contribution < 1.29 is 14.0 Å². The number of benzene rings is 2. The van der Waals surface area contributed by atoms with Crippen molar-refractivity contribution in [1.82, 2.24) is 9.80 Å². The first kappa shape index (κ1) is 16.5. The fourth-order valence-electron chi connectivity index (χ4n) is 2.66. The van der Waals surface area contributed by atoms with Crippen LogP contribution in [-0.2, 0) is 0 Å². The molecule has 0 aliphatic carbocycles. The van der Waals surface area contributed by atoms with Gasteiger partial charge in [-0.05, 0) is 48.5 Å². The Morgan fingerprint density at radius 3 is 1.54 bits per heavy atom. The average molecular weight is 347 g/mol. The molecule has 2 amide bonds. The summed E-state index contributed by atoms with van der Waals surface area (Å²) >= 11 is 5.83. The molecule has 4 nitrogen and oxygen atoms in total. The first-order chi connectivity index (χ1) is 11.5. The van der Waals surface area contributed by atoms with Crippen LogP contribution in [0.3, 0.4) is 0 Å². The van der Waals surface area contributed by atoms with Gasteiger partial charge in [-0.25, -0.2) is 4.39 Å². The first-order valence-electron chi connectivity index (χ1n) is 7.64. The van der Waals surface area contributed by atoms with Crippen molar-refractivity contribution in [2.75, 3.05) is 26.2 Å². The second-order valence-electron chi connectivity index (χ2n) is 5.60. The lowest BCUT2D eigenvalue weighted by Crippen LogP contribution is -2.50. The Morgan fingerprint density at radius 2 is 1.12 bits per heavy atom. The highest BCUT2D eigenvalue weighted by Crippen LogP contribution is 2.14. The van der Waals surface area contributed by atoms with Gasteiger partial charge in [0, 0.05) is 42.3 Å². The van der Waals surface area contributed by atoms with Crippen LogP contribution in [0.15, 0.2) is 48.5 Å². The summed E-state index contributed by atoms with van der Waals surface area (Å²) in [5, 5.41) is 0.585. The monoisotopic (exact) mass is 346 g/mol. The standard InChI is InChI=1S/C18H16ClFN2O2/c19-15-5-1-13(2-6-15)17(23)21-9-11-22(12-10-21)18(24)14-3-7-16(20)8-4-14/h1-8H,9-12H2. The van der Waals surface area contributed by atoms with Gasteiger partial charge in [0.2, 0.25) is 0 Å². The summed E-state index contributed by atoms with van der Waals surface area (Å²) in [6, 6.07) is 12.3. The van der Waals surface area contributed by atoms with Crippen molar-refractivity contribution in [1.29, 1.82) is 0 Å². The van der Waals surface area contributed by atoms with Gasteiger partial charge in [-0.15, -0.1) is 0 Å². The third-order valence-corrected chi connectivity index (χ3v) is 4.29.